The van der Waals surface area contributed by atoms with Gasteiger partial charge in [0.15, 0.2) is 0 Å². The van der Waals surface area contributed by atoms with Crippen molar-refractivity contribution in [2.24, 2.45) is 11.8 Å². The van der Waals surface area contributed by atoms with Crippen LogP contribution in [0.5, 0.6) is 0 Å². The average Bonchev–Trinajstić information content (AvgIpc) is 3.22. The van der Waals surface area contributed by atoms with Crippen LogP contribution in [0.2, 0.25) is 0 Å². The second-order valence-electron chi connectivity index (χ2n) is 5.37. The van der Waals surface area contributed by atoms with Crippen molar-refractivity contribution in [1.29, 1.82) is 0 Å². The quantitative estimate of drug-likeness (QED) is 0.770. The summed E-state index contributed by atoms with van der Waals surface area (Å²) in [5.74, 6) is 0.941. The highest BCUT2D eigenvalue weighted by atomic mass is 35.5. The molecule has 0 radical (unpaired) electrons. The monoisotopic (exact) mass is 289 g/mol. The first-order chi connectivity index (χ1) is 8.70. The molecule has 0 aromatic rings. The third-order valence-corrected chi connectivity index (χ3v) is 3.80. The zero-order valence-corrected chi connectivity index (χ0v) is 12.3. The molecular weight excluding hydrogens is 266 g/mol. The van der Waals surface area contributed by atoms with E-state index in [-0.39, 0.29) is 30.1 Å². The molecule has 0 bridgehead atoms. The molecule has 1 aliphatic carbocycles. The molecule has 0 aromatic heterocycles. The standard InChI is InChI=1S/C13H23N3O2.ClH/c1-14-13(18)11-3-2-6-16(9-11)12(17)8-15-7-10-4-5-10;/h10-11,15H,2-9H2,1H3,(H,14,18);1H. The minimum absolute atomic E-state index is 0. The molecule has 1 heterocycles. The van der Waals surface area contributed by atoms with E-state index in [1.807, 2.05) is 4.90 Å². The Kier molecular flexibility index (Phi) is 6.58. The highest BCUT2D eigenvalue weighted by Crippen LogP contribution is 2.27. The molecule has 2 fully saturated rings. The number of hydrogen-bond donors (Lipinski definition) is 2. The highest BCUT2D eigenvalue weighted by molar-refractivity contribution is 5.85. The van der Waals surface area contributed by atoms with Gasteiger partial charge in [-0.2, -0.15) is 0 Å². The van der Waals surface area contributed by atoms with Crippen LogP contribution in [0.25, 0.3) is 0 Å². The molecule has 110 valence electrons. The summed E-state index contributed by atoms with van der Waals surface area (Å²) in [7, 11) is 1.65. The van der Waals surface area contributed by atoms with Crippen LogP contribution in [0.1, 0.15) is 25.7 Å². The van der Waals surface area contributed by atoms with Gasteiger partial charge in [0, 0.05) is 20.1 Å². The molecule has 2 amide bonds. The van der Waals surface area contributed by atoms with E-state index in [0.717, 1.165) is 31.8 Å². The summed E-state index contributed by atoms with van der Waals surface area (Å²) in [5.41, 5.74) is 0. The Morgan fingerprint density at radius 2 is 2.00 bits per heavy atom. The van der Waals surface area contributed by atoms with Crippen LogP contribution >= 0.6 is 12.4 Å². The number of halogens is 1. The molecule has 1 saturated heterocycles. The number of carbonyl (C=O) groups excluding carboxylic acids is 2. The second kappa shape index (κ2) is 7.70. The smallest absolute Gasteiger partial charge is 0.236 e. The van der Waals surface area contributed by atoms with Crippen LogP contribution in [0.15, 0.2) is 0 Å². The molecule has 1 saturated carbocycles. The van der Waals surface area contributed by atoms with E-state index in [0.29, 0.717) is 13.1 Å². The minimum atomic E-state index is -0.0314. The highest BCUT2D eigenvalue weighted by Gasteiger charge is 2.28. The van der Waals surface area contributed by atoms with Crippen molar-refractivity contribution < 1.29 is 9.59 Å². The van der Waals surface area contributed by atoms with Crippen LogP contribution in [0.3, 0.4) is 0 Å². The van der Waals surface area contributed by atoms with E-state index in [1.54, 1.807) is 7.05 Å². The Labute approximate surface area is 120 Å². The van der Waals surface area contributed by atoms with Gasteiger partial charge in [-0.1, -0.05) is 0 Å². The fraction of sp³-hybridized carbons (Fsp3) is 0.846. The fourth-order valence-electron chi connectivity index (χ4n) is 2.44. The lowest BCUT2D eigenvalue weighted by atomic mass is 9.97. The Hall–Kier alpha value is -0.810. The molecule has 1 unspecified atom stereocenters. The summed E-state index contributed by atoms with van der Waals surface area (Å²) in [5, 5.41) is 5.88. The number of likely N-dealkylation sites (tertiary alicyclic amines) is 1. The molecule has 0 aromatic carbocycles. The van der Waals surface area contributed by atoms with Gasteiger partial charge in [0.1, 0.15) is 0 Å². The van der Waals surface area contributed by atoms with Gasteiger partial charge in [-0.25, -0.2) is 0 Å². The molecule has 2 rings (SSSR count). The van der Waals surface area contributed by atoms with Gasteiger partial charge >= 0.3 is 0 Å². The normalized spacial score (nSPS) is 22.6. The molecule has 19 heavy (non-hydrogen) atoms. The first-order valence-corrected chi connectivity index (χ1v) is 6.90. The second-order valence-corrected chi connectivity index (χ2v) is 5.37. The minimum Gasteiger partial charge on any atom is -0.359 e. The average molecular weight is 290 g/mol. The Morgan fingerprint density at radius 1 is 1.26 bits per heavy atom. The van der Waals surface area contributed by atoms with Crippen LogP contribution in [-0.4, -0.2) is 49.9 Å². The number of piperidine rings is 1. The van der Waals surface area contributed by atoms with Gasteiger partial charge in [0.2, 0.25) is 11.8 Å². The summed E-state index contributed by atoms with van der Waals surface area (Å²) in [4.78, 5) is 25.4. The first kappa shape index (κ1) is 16.2. The van der Waals surface area contributed by atoms with E-state index in [4.69, 9.17) is 0 Å². The van der Waals surface area contributed by atoms with Crippen molar-refractivity contribution in [1.82, 2.24) is 15.5 Å². The van der Waals surface area contributed by atoms with E-state index in [1.165, 1.54) is 12.8 Å². The van der Waals surface area contributed by atoms with Gasteiger partial charge in [0.05, 0.1) is 12.5 Å². The van der Waals surface area contributed by atoms with Crippen molar-refractivity contribution in [3.63, 3.8) is 0 Å². The molecule has 0 spiro atoms. The summed E-state index contributed by atoms with van der Waals surface area (Å²) < 4.78 is 0. The molecule has 2 N–H and O–H groups in total. The van der Waals surface area contributed by atoms with Crippen molar-refractivity contribution in [3.05, 3.63) is 0 Å². The predicted octanol–water partition coefficient (Wildman–Crippen LogP) is 0.392. The summed E-state index contributed by atoms with van der Waals surface area (Å²) >= 11 is 0. The SMILES string of the molecule is CNC(=O)C1CCCN(C(=O)CNCC2CC2)C1.Cl. The lowest BCUT2D eigenvalue weighted by Gasteiger charge is -2.32. The zero-order chi connectivity index (χ0) is 13.0. The number of nitrogens with one attached hydrogen (secondary N) is 2. The topological polar surface area (TPSA) is 61.4 Å². The van der Waals surface area contributed by atoms with Gasteiger partial charge in [-0.05, 0) is 38.1 Å². The number of nitrogens with zero attached hydrogens (tertiary/aromatic N) is 1. The van der Waals surface area contributed by atoms with E-state index in [2.05, 4.69) is 10.6 Å². The number of carbonyl (C=O) groups is 2. The van der Waals surface area contributed by atoms with E-state index in [9.17, 15) is 9.59 Å². The third-order valence-electron chi connectivity index (χ3n) is 3.80. The first-order valence-electron chi connectivity index (χ1n) is 6.90. The van der Waals surface area contributed by atoms with E-state index >= 15 is 0 Å². The van der Waals surface area contributed by atoms with Crippen molar-refractivity contribution >= 4 is 24.2 Å². The molecule has 2 aliphatic rings. The van der Waals surface area contributed by atoms with Gasteiger partial charge in [-0.15, -0.1) is 12.4 Å². The van der Waals surface area contributed by atoms with Crippen molar-refractivity contribution in [2.45, 2.75) is 25.7 Å². The molecule has 5 nitrogen and oxygen atoms in total. The summed E-state index contributed by atoms with van der Waals surface area (Å²) in [6.45, 7) is 2.73. The Bertz CT molecular complexity index is 321. The number of amides is 2. The lowest BCUT2D eigenvalue weighted by Crippen LogP contribution is -2.47. The van der Waals surface area contributed by atoms with Gasteiger partial charge < -0.3 is 15.5 Å². The van der Waals surface area contributed by atoms with Crippen LogP contribution in [0, 0.1) is 11.8 Å². The van der Waals surface area contributed by atoms with Gasteiger partial charge in [-0.3, -0.25) is 9.59 Å². The largest absolute Gasteiger partial charge is 0.359 e. The fourth-order valence-corrected chi connectivity index (χ4v) is 2.44. The molecule has 6 heteroatoms. The Balaban J connectivity index is 0.00000180. The summed E-state index contributed by atoms with van der Waals surface area (Å²) in [6, 6.07) is 0. The van der Waals surface area contributed by atoms with Crippen LogP contribution < -0.4 is 10.6 Å². The van der Waals surface area contributed by atoms with E-state index < -0.39 is 0 Å². The predicted molar refractivity (Wildman–Crippen MR) is 76.2 cm³/mol. The Morgan fingerprint density at radius 3 is 2.63 bits per heavy atom. The maximum absolute atomic E-state index is 12.0. The maximum atomic E-state index is 12.0. The van der Waals surface area contributed by atoms with Gasteiger partial charge in [0.25, 0.3) is 0 Å². The number of hydrogen-bond acceptors (Lipinski definition) is 3. The molecule has 1 atom stereocenters. The molecular formula is C13H24ClN3O2. The van der Waals surface area contributed by atoms with Crippen LogP contribution in [-0.2, 0) is 9.59 Å². The molecule has 1 aliphatic heterocycles. The zero-order valence-electron chi connectivity index (χ0n) is 11.5. The van der Waals surface area contributed by atoms with Crippen LogP contribution in [0.4, 0.5) is 0 Å². The number of rotatable bonds is 5. The van der Waals surface area contributed by atoms with Crippen molar-refractivity contribution in [3.8, 4) is 0 Å². The third kappa shape index (κ3) is 4.99. The lowest BCUT2D eigenvalue weighted by molar-refractivity contribution is -0.134. The van der Waals surface area contributed by atoms with Crippen molar-refractivity contribution in [2.75, 3.05) is 33.2 Å². The summed E-state index contributed by atoms with van der Waals surface area (Å²) in [6.07, 6.45) is 4.40. The maximum Gasteiger partial charge on any atom is 0.236 e.